The standard InChI is InChI=1S/C27H37Cl2N5O4/c1-7-17(2)23(33(6)26(37)38-27(3,4)5)24(35)34(13-12-18-8-10-20(28)21(29)14-18)25(36)32-16-19-9-11-22(30)31-15-19/h8-11,14-15,17,23H,7,12-13,16H2,1-6H3,(H2,30,31)(H,32,36). The fourth-order valence-electron chi connectivity index (χ4n) is 3.68. The highest BCUT2D eigenvalue weighted by molar-refractivity contribution is 6.42. The van der Waals surface area contributed by atoms with Gasteiger partial charge in [0.1, 0.15) is 17.5 Å². The van der Waals surface area contributed by atoms with Crippen LogP contribution in [0.15, 0.2) is 36.5 Å². The largest absolute Gasteiger partial charge is 0.444 e. The highest BCUT2D eigenvalue weighted by atomic mass is 35.5. The summed E-state index contributed by atoms with van der Waals surface area (Å²) in [5.74, 6) is -0.401. The molecular formula is C27H37Cl2N5O4. The van der Waals surface area contributed by atoms with Gasteiger partial charge >= 0.3 is 12.1 Å². The maximum Gasteiger partial charge on any atom is 0.410 e. The molecule has 2 unspecified atom stereocenters. The fourth-order valence-corrected chi connectivity index (χ4v) is 4.00. The molecule has 0 saturated heterocycles. The highest BCUT2D eigenvalue weighted by Crippen LogP contribution is 2.24. The van der Waals surface area contributed by atoms with E-state index in [-0.39, 0.29) is 19.0 Å². The molecule has 11 heteroatoms. The van der Waals surface area contributed by atoms with E-state index in [1.54, 1.807) is 57.3 Å². The number of hydrogen-bond donors (Lipinski definition) is 2. The summed E-state index contributed by atoms with van der Waals surface area (Å²) in [4.78, 5) is 46.6. The Kier molecular flexibility index (Phi) is 11.2. The molecule has 9 nitrogen and oxygen atoms in total. The number of nitrogens with two attached hydrogens (primary N) is 1. The number of halogens is 2. The number of aromatic nitrogens is 1. The SMILES string of the molecule is CCC(C)C(C(=O)N(CCc1ccc(Cl)c(Cl)c1)C(=O)NCc1ccc(N)nc1)N(C)C(=O)OC(C)(C)C. The predicted molar refractivity (Wildman–Crippen MR) is 150 cm³/mol. The van der Waals surface area contributed by atoms with E-state index in [0.717, 1.165) is 10.5 Å². The Morgan fingerprint density at radius 3 is 2.32 bits per heavy atom. The number of likely N-dealkylation sites (N-methyl/N-ethyl adjacent to an activating group) is 1. The molecule has 208 valence electrons. The molecule has 2 aromatic rings. The molecule has 0 saturated carbocycles. The third-order valence-electron chi connectivity index (χ3n) is 5.95. The van der Waals surface area contributed by atoms with Gasteiger partial charge < -0.3 is 15.8 Å². The first-order valence-corrected chi connectivity index (χ1v) is 13.2. The lowest BCUT2D eigenvalue weighted by Crippen LogP contribution is -2.56. The molecule has 1 heterocycles. The normalized spacial score (nSPS) is 12.8. The molecule has 1 aromatic heterocycles. The Labute approximate surface area is 234 Å². The second kappa shape index (κ2) is 13.7. The van der Waals surface area contributed by atoms with Crippen molar-refractivity contribution in [1.29, 1.82) is 0 Å². The lowest BCUT2D eigenvalue weighted by molar-refractivity contribution is -0.135. The number of nitrogens with one attached hydrogen (secondary N) is 1. The highest BCUT2D eigenvalue weighted by Gasteiger charge is 2.38. The zero-order valence-electron chi connectivity index (χ0n) is 22.8. The van der Waals surface area contributed by atoms with Gasteiger partial charge in [0, 0.05) is 26.3 Å². The number of nitrogens with zero attached hydrogens (tertiary/aromatic N) is 3. The first-order valence-electron chi connectivity index (χ1n) is 12.4. The summed E-state index contributed by atoms with van der Waals surface area (Å²) in [6.45, 7) is 9.22. The molecule has 0 spiro atoms. The number of ether oxygens (including phenoxy) is 1. The van der Waals surface area contributed by atoms with Crippen molar-refractivity contribution < 1.29 is 19.1 Å². The summed E-state index contributed by atoms with van der Waals surface area (Å²) < 4.78 is 5.51. The van der Waals surface area contributed by atoms with E-state index in [4.69, 9.17) is 33.7 Å². The van der Waals surface area contributed by atoms with Gasteiger partial charge in [0.2, 0.25) is 0 Å². The van der Waals surface area contributed by atoms with E-state index in [1.165, 1.54) is 11.9 Å². The van der Waals surface area contributed by atoms with Crippen molar-refractivity contribution in [3.05, 3.63) is 57.7 Å². The summed E-state index contributed by atoms with van der Waals surface area (Å²) in [7, 11) is 1.51. The minimum absolute atomic E-state index is 0.0533. The first-order chi connectivity index (χ1) is 17.7. The Morgan fingerprint density at radius 2 is 1.76 bits per heavy atom. The molecule has 2 atom stereocenters. The fraction of sp³-hybridized carbons (Fsp3) is 0.481. The van der Waals surface area contributed by atoms with Crippen molar-refractivity contribution in [2.24, 2.45) is 5.92 Å². The van der Waals surface area contributed by atoms with Crippen LogP contribution in [0.2, 0.25) is 10.0 Å². The Bertz CT molecular complexity index is 1120. The molecule has 4 amide bonds. The van der Waals surface area contributed by atoms with Crippen molar-refractivity contribution in [3.63, 3.8) is 0 Å². The van der Waals surface area contributed by atoms with Gasteiger partial charge in [-0.05, 0) is 62.4 Å². The number of carbonyl (C=O) groups is 3. The van der Waals surface area contributed by atoms with Crippen LogP contribution in [-0.4, -0.2) is 58.1 Å². The second-order valence-electron chi connectivity index (χ2n) is 10.2. The molecule has 0 bridgehead atoms. The summed E-state index contributed by atoms with van der Waals surface area (Å²) in [5, 5.41) is 3.57. The minimum atomic E-state index is -0.924. The van der Waals surface area contributed by atoms with Gasteiger partial charge in [-0.3, -0.25) is 14.6 Å². The van der Waals surface area contributed by atoms with Crippen LogP contribution < -0.4 is 11.1 Å². The average molecular weight is 567 g/mol. The molecule has 0 fully saturated rings. The monoisotopic (exact) mass is 565 g/mol. The maximum atomic E-state index is 13.9. The van der Waals surface area contributed by atoms with Crippen LogP contribution in [-0.2, 0) is 22.5 Å². The van der Waals surface area contributed by atoms with Crippen molar-refractivity contribution in [1.82, 2.24) is 20.1 Å². The van der Waals surface area contributed by atoms with Gasteiger partial charge in [-0.15, -0.1) is 0 Å². The van der Waals surface area contributed by atoms with Gasteiger partial charge in [0.25, 0.3) is 5.91 Å². The van der Waals surface area contributed by atoms with E-state index < -0.39 is 29.7 Å². The number of rotatable bonds is 9. The Hall–Kier alpha value is -3.04. The van der Waals surface area contributed by atoms with Crippen LogP contribution >= 0.6 is 23.2 Å². The van der Waals surface area contributed by atoms with Gasteiger partial charge in [-0.2, -0.15) is 0 Å². The van der Waals surface area contributed by atoms with Crippen molar-refractivity contribution in [2.45, 2.75) is 65.6 Å². The number of nitrogen functional groups attached to an aromatic ring is 1. The smallest absolute Gasteiger partial charge is 0.410 e. The molecule has 38 heavy (non-hydrogen) atoms. The van der Waals surface area contributed by atoms with E-state index >= 15 is 0 Å². The van der Waals surface area contributed by atoms with E-state index in [0.29, 0.717) is 34.3 Å². The van der Waals surface area contributed by atoms with Crippen LogP contribution in [0.1, 0.15) is 52.2 Å². The summed E-state index contributed by atoms with van der Waals surface area (Å²) in [5.41, 5.74) is 6.41. The first kappa shape index (κ1) is 31.2. The number of anilines is 1. The van der Waals surface area contributed by atoms with Crippen molar-refractivity contribution in [3.8, 4) is 0 Å². The number of benzene rings is 1. The molecular weight excluding hydrogens is 529 g/mol. The molecule has 0 aliphatic carbocycles. The molecule has 1 aromatic carbocycles. The average Bonchev–Trinajstić information content (AvgIpc) is 2.84. The zero-order chi connectivity index (χ0) is 28.6. The van der Waals surface area contributed by atoms with Crippen molar-refractivity contribution in [2.75, 3.05) is 19.3 Å². The van der Waals surface area contributed by atoms with Crippen LogP contribution in [0.4, 0.5) is 15.4 Å². The molecule has 0 aliphatic rings. The van der Waals surface area contributed by atoms with E-state index in [1.807, 2.05) is 13.8 Å². The molecule has 3 N–H and O–H groups in total. The molecule has 2 rings (SSSR count). The minimum Gasteiger partial charge on any atom is -0.444 e. The lowest BCUT2D eigenvalue weighted by Gasteiger charge is -2.35. The van der Waals surface area contributed by atoms with Crippen LogP contribution in [0.25, 0.3) is 0 Å². The van der Waals surface area contributed by atoms with Gasteiger partial charge in [-0.25, -0.2) is 14.6 Å². The van der Waals surface area contributed by atoms with Crippen LogP contribution in [0.3, 0.4) is 0 Å². The summed E-state index contributed by atoms with van der Waals surface area (Å²) in [6, 6.07) is 6.99. The maximum absolute atomic E-state index is 13.9. The van der Waals surface area contributed by atoms with Crippen LogP contribution in [0.5, 0.6) is 0 Å². The van der Waals surface area contributed by atoms with Gasteiger partial charge in [-0.1, -0.05) is 55.6 Å². The predicted octanol–water partition coefficient (Wildman–Crippen LogP) is 5.53. The number of hydrogen-bond acceptors (Lipinski definition) is 6. The van der Waals surface area contributed by atoms with Crippen LogP contribution in [0, 0.1) is 5.92 Å². The molecule has 0 aliphatic heterocycles. The zero-order valence-corrected chi connectivity index (χ0v) is 24.3. The second-order valence-corrected chi connectivity index (χ2v) is 11.0. The van der Waals surface area contributed by atoms with Crippen molar-refractivity contribution >= 4 is 47.1 Å². The summed E-state index contributed by atoms with van der Waals surface area (Å²) in [6.07, 6.45) is 1.84. The Morgan fingerprint density at radius 1 is 1.11 bits per heavy atom. The summed E-state index contributed by atoms with van der Waals surface area (Å²) >= 11 is 12.2. The Balaban J connectivity index is 2.33. The quantitative estimate of drug-likeness (QED) is 0.412. The molecule has 0 radical (unpaired) electrons. The number of urea groups is 1. The number of pyridine rings is 1. The third-order valence-corrected chi connectivity index (χ3v) is 6.68. The topological polar surface area (TPSA) is 118 Å². The number of carbonyl (C=O) groups excluding carboxylic acids is 3. The number of amides is 4. The van der Waals surface area contributed by atoms with E-state index in [2.05, 4.69) is 10.3 Å². The number of imide groups is 1. The lowest BCUT2D eigenvalue weighted by atomic mass is 9.96. The van der Waals surface area contributed by atoms with Gasteiger partial charge in [0.15, 0.2) is 0 Å². The third kappa shape index (κ3) is 9.06. The van der Waals surface area contributed by atoms with Gasteiger partial charge in [0.05, 0.1) is 10.0 Å². The van der Waals surface area contributed by atoms with E-state index in [9.17, 15) is 14.4 Å².